The minimum Gasteiger partial charge on any atom is -0.508 e. The molecule has 1 N–H and O–H groups in total. The van der Waals surface area contributed by atoms with Crippen molar-refractivity contribution in [3.8, 4) is 17.0 Å². The SMILES string of the molecule is Cn1nc(-c2cccc(O)c2)c2sccc21. The van der Waals surface area contributed by atoms with Crippen molar-refractivity contribution in [1.29, 1.82) is 0 Å². The lowest BCUT2D eigenvalue weighted by Gasteiger charge is -1.97. The molecule has 0 unspecified atom stereocenters. The summed E-state index contributed by atoms with van der Waals surface area (Å²) < 4.78 is 3.03. The van der Waals surface area contributed by atoms with Gasteiger partial charge in [-0.2, -0.15) is 5.10 Å². The molecule has 0 aliphatic heterocycles. The van der Waals surface area contributed by atoms with Crippen LogP contribution in [0.3, 0.4) is 0 Å². The highest BCUT2D eigenvalue weighted by atomic mass is 32.1. The fourth-order valence-corrected chi connectivity index (χ4v) is 2.75. The normalized spacial score (nSPS) is 11.1. The Hall–Kier alpha value is -1.81. The van der Waals surface area contributed by atoms with Crippen LogP contribution in [0.25, 0.3) is 21.5 Å². The molecule has 0 saturated carbocycles. The molecule has 2 aromatic heterocycles. The molecule has 80 valence electrons. The lowest BCUT2D eigenvalue weighted by atomic mass is 10.1. The number of aromatic nitrogens is 2. The third-order valence-electron chi connectivity index (χ3n) is 2.58. The quantitative estimate of drug-likeness (QED) is 0.697. The molecule has 3 nitrogen and oxygen atoms in total. The standard InChI is InChI=1S/C12H10N2OS/c1-14-10-5-6-16-12(10)11(13-14)8-3-2-4-9(15)7-8/h2-7,15H,1H3. The summed E-state index contributed by atoms with van der Waals surface area (Å²) in [7, 11) is 1.93. The summed E-state index contributed by atoms with van der Waals surface area (Å²) in [6.45, 7) is 0. The van der Waals surface area contributed by atoms with Crippen molar-refractivity contribution in [2.45, 2.75) is 0 Å². The zero-order valence-electron chi connectivity index (χ0n) is 8.71. The Morgan fingerprint density at radius 2 is 2.19 bits per heavy atom. The van der Waals surface area contributed by atoms with Gasteiger partial charge in [0.05, 0.1) is 10.2 Å². The summed E-state index contributed by atoms with van der Waals surface area (Å²) in [5.74, 6) is 0.271. The first-order valence-corrected chi connectivity index (χ1v) is 5.83. The van der Waals surface area contributed by atoms with E-state index in [2.05, 4.69) is 16.5 Å². The molecule has 16 heavy (non-hydrogen) atoms. The minimum atomic E-state index is 0.271. The van der Waals surface area contributed by atoms with E-state index in [4.69, 9.17) is 0 Å². The van der Waals surface area contributed by atoms with E-state index in [1.807, 2.05) is 23.9 Å². The summed E-state index contributed by atoms with van der Waals surface area (Å²) >= 11 is 1.67. The van der Waals surface area contributed by atoms with Crippen molar-refractivity contribution in [2.24, 2.45) is 7.05 Å². The van der Waals surface area contributed by atoms with Crippen LogP contribution in [0.2, 0.25) is 0 Å². The number of nitrogens with zero attached hydrogens (tertiary/aromatic N) is 2. The molecule has 2 heterocycles. The predicted molar refractivity (Wildman–Crippen MR) is 65.7 cm³/mol. The van der Waals surface area contributed by atoms with Gasteiger partial charge in [0.1, 0.15) is 11.4 Å². The van der Waals surface area contributed by atoms with E-state index in [9.17, 15) is 5.11 Å². The van der Waals surface area contributed by atoms with Crippen molar-refractivity contribution < 1.29 is 5.11 Å². The topological polar surface area (TPSA) is 38.0 Å². The number of hydrogen-bond acceptors (Lipinski definition) is 3. The second-order valence-electron chi connectivity index (χ2n) is 3.66. The van der Waals surface area contributed by atoms with E-state index in [0.29, 0.717) is 0 Å². The van der Waals surface area contributed by atoms with Gasteiger partial charge in [-0.15, -0.1) is 11.3 Å². The van der Waals surface area contributed by atoms with Crippen LogP contribution in [0.15, 0.2) is 35.7 Å². The Labute approximate surface area is 96.6 Å². The number of hydrogen-bond donors (Lipinski definition) is 1. The molecule has 3 rings (SSSR count). The highest BCUT2D eigenvalue weighted by molar-refractivity contribution is 7.17. The van der Waals surface area contributed by atoms with Crippen LogP contribution in [-0.4, -0.2) is 14.9 Å². The van der Waals surface area contributed by atoms with Crippen LogP contribution < -0.4 is 0 Å². The molecule has 0 aliphatic carbocycles. The van der Waals surface area contributed by atoms with Crippen molar-refractivity contribution in [1.82, 2.24) is 9.78 Å². The summed E-state index contributed by atoms with van der Waals surface area (Å²) in [5, 5.41) is 16.0. The number of benzene rings is 1. The summed E-state index contributed by atoms with van der Waals surface area (Å²) in [6, 6.07) is 9.25. The van der Waals surface area contributed by atoms with Gasteiger partial charge < -0.3 is 5.11 Å². The first kappa shape index (κ1) is 9.42. The zero-order chi connectivity index (χ0) is 11.1. The maximum Gasteiger partial charge on any atom is 0.116 e. The molecule has 0 spiro atoms. The van der Waals surface area contributed by atoms with Crippen LogP contribution in [0.1, 0.15) is 0 Å². The molecule has 0 radical (unpaired) electrons. The molecule has 0 aliphatic rings. The molecule has 0 fully saturated rings. The molecule has 4 heteroatoms. The van der Waals surface area contributed by atoms with Gasteiger partial charge in [-0.25, -0.2) is 0 Å². The van der Waals surface area contributed by atoms with Crippen LogP contribution in [0, 0.1) is 0 Å². The molecule has 0 bridgehead atoms. The first-order valence-electron chi connectivity index (χ1n) is 4.95. The maximum absolute atomic E-state index is 9.47. The minimum absolute atomic E-state index is 0.271. The second kappa shape index (κ2) is 3.35. The average molecular weight is 230 g/mol. The third kappa shape index (κ3) is 1.31. The number of rotatable bonds is 1. The van der Waals surface area contributed by atoms with Gasteiger partial charge in [-0.3, -0.25) is 4.68 Å². The van der Waals surface area contributed by atoms with E-state index in [-0.39, 0.29) is 5.75 Å². The van der Waals surface area contributed by atoms with Gasteiger partial charge in [-0.05, 0) is 23.6 Å². The van der Waals surface area contributed by atoms with Gasteiger partial charge in [0.25, 0.3) is 0 Å². The second-order valence-corrected chi connectivity index (χ2v) is 4.57. The Kier molecular flexibility index (Phi) is 1.97. The fraction of sp³-hybridized carbons (Fsp3) is 0.0833. The van der Waals surface area contributed by atoms with Gasteiger partial charge in [0.2, 0.25) is 0 Å². The molecule has 1 aromatic carbocycles. The lowest BCUT2D eigenvalue weighted by molar-refractivity contribution is 0.475. The average Bonchev–Trinajstić information content (AvgIpc) is 2.83. The van der Waals surface area contributed by atoms with Crippen LogP contribution in [0.4, 0.5) is 0 Å². The van der Waals surface area contributed by atoms with Gasteiger partial charge in [0, 0.05) is 12.6 Å². The van der Waals surface area contributed by atoms with Crippen LogP contribution in [-0.2, 0) is 7.05 Å². The Morgan fingerprint density at radius 1 is 1.31 bits per heavy atom. The van der Waals surface area contributed by atoms with E-state index >= 15 is 0 Å². The van der Waals surface area contributed by atoms with Crippen LogP contribution in [0.5, 0.6) is 5.75 Å². The number of phenols is 1. The number of phenolic OH excluding ortho intramolecular Hbond substituents is 1. The third-order valence-corrected chi connectivity index (χ3v) is 3.49. The predicted octanol–water partition coefficient (Wildman–Crippen LogP) is 3.01. The number of thiophene rings is 1. The molecule has 0 saturated heterocycles. The molecular formula is C12H10N2OS. The highest BCUT2D eigenvalue weighted by Crippen LogP contribution is 2.32. The zero-order valence-corrected chi connectivity index (χ0v) is 9.53. The molecule has 0 amide bonds. The smallest absolute Gasteiger partial charge is 0.116 e. The fourth-order valence-electron chi connectivity index (χ4n) is 1.83. The Bertz CT molecular complexity index is 654. The summed E-state index contributed by atoms with van der Waals surface area (Å²) in [4.78, 5) is 0. The van der Waals surface area contributed by atoms with E-state index in [0.717, 1.165) is 21.5 Å². The van der Waals surface area contributed by atoms with Crippen molar-refractivity contribution >= 4 is 21.6 Å². The van der Waals surface area contributed by atoms with Crippen molar-refractivity contribution in [3.63, 3.8) is 0 Å². The van der Waals surface area contributed by atoms with E-state index < -0.39 is 0 Å². The van der Waals surface area contributed by atoms with Gasteiger partial charge in [0.15, 0.2) is 0 Å². The molecule has 0 atom stereocenters. The van der Waals surface area contributed by atoms with Gasteiger partial charge >= 0.3 is 0 Å². The number of fused-ring (bicyclic) bond motifs is 1. The van der Waals surface area contributed by atoms with Crippen molar-refractivity contribution in [2.75, 3.05) is 0 Å². The Balaban J connectivity index is 2.29. The monoisotopic (exact) mass is 230 g/mol. The molecule has 3 aromatic rings. The van der Waals surface area contributed by atoms with Crippen LogP contribution >= 0.6 is 11.3 Å². The molecular weight excluding hydrogens is 220 g/mol. The Morgan fingerprint density at radius 3 is 3.00 bits per heavy atom. The van der Waals surface area contributed by atoms with E-state index in [1.165, 1.54) is 0 Å². The first-order chi connectivity index (χ1) is 7.75. The maximum atomic E-state index is 9.47. The summed E-state index contributed by atoms with van der Waals surface area (Å²) in [6.07, 6.45) is 0. The van der Waals surface area contributed by atoms with Crippen molar-refractivity contribution in [3.05, 3.63) is 35.7 Å². The number of aromatic hydroxyl groups is 1. The number of aryl methyl sites for hydroxylation is 1. The lowest BCUT2D eigenvalue weighted by Crippen LogP contribution is -1.89. The van der Waals surface area contributed by atoms with Gasteiger partial charge in [-0.1, -0.05) is 12.1 Å². The highest BCUT2D eigenvalue weighted by Gasteiger charge is 2.11. The summed E-state index contributed by atoms with van der Waals surface area (Å²) in [5.41, 5.74) is 3.01. The van der Waals surface area contributed by atoms with E-state index in [1.54, 1.807) is 23.5 Å². The largest absolute Gasteiger partial charge is 0.508 e.